The Kier molecular flexibility index (Phi) is 18.6. The molecule has 0 saturated carbocycles. The lowest BCUT2D eigenvalue weighted by Crippen LogP contribution is -2.40. The molecule has 51 heavy (non-hydrogen) atoms. The SMILES string of the molecule is CCCCCCCCN(CCCCCCCC)C[C@H]1C[C@@H](c2ccc(CO)cc2)O[C@@H](c2ccc(-c3ccccc3CNC(=O)NCC)cc2)O1. The van der Waals surface area contributed by atoms with Crippen LogP contribution in [0.2, 0.25) is 0 Å². The van der Waals surface area contributed by atoms with Crippen molar-refractivity contribution in [3.8, 4) is 11.1 Å². The van der Waals surface area contributed by atoms with E-state index in [1.165, 1.54) is 77.0 Å². The van der Waals surface area contributed by atoms with Crippen molar-refractivity contribution in [3.63, 3.8) is 0 Å². The summed E-state index contributed by atoms with van der Waals surface area (Å²) in [4.78, 5) is 14.7. The quantitative estimate of drug-likeness (QED) is 0.0859. The molecule has 280 valence electrons. The Labute approximate surface area is 308 Å². The van der Waals surface area contributed by atoms with Gasteiger partial charge in [-0.15, -0.1) is 0 Å². The lowest BCUT2D eigenvalue weighted by molar-refractivity contribution is -0.253. The van der Waals surface area contributed by atoms with Gasteiger partial charge in [0.15, 0.2) is 6.29 Å². The molecule has 0 spiro atoms. The summed E-state index contributed by atoms with van der Waals surface area (Å²) < 4.78 is 13.5. The summed E-state index contributed by atoms with van der Waals surface area (Å²) in [7, 11) is 0. The summed E-state index contributed by atoms with van der Waals surface area (Å²) in [6, 6.07) is 24.7. The van der Waals surface area contributed by atoms with Crippen LogP contribution in [0.1, 0.15) is 139 Å². The van der Waals surface area contributed by atoms with Gasteiger partial charge in [-0.1, -0.05) is 151 Å². The van der Waals surface area contributed by atoms with Gasteiger partial charge in [-0.05, 0) is 60.7 Å². The lowest BCUT2D eigenvalue weighted by Gasteiger charge is -2.38. The number of rotatable bonds is 23. The predicted molar refractivity (Wildman–Crippen MR) is 209 cm³/mol. The molecule has 3 aromatic carbocycles. The number of nitrogens with one attached hydrogen (secondary N) is 2. The second-order valence-electron chi connectivity index (χ2n) is 14.2. The van der Waals surface area contributed by atoms with Gasteiger partial charge in [0, 0.05) is 31.6 Å². The second-order valence-corrected chi connectivity index (χ2v) is 14.2. The minimum atomic E-state index is -0.486. The monoisotopic (exact) mass is 699 g/mol. The molecular formula is C44H65N3O4. The van der Waals surface area contributed by atoms with E-state index < -0.39 is 6.29 Å². The van der Waals surface area contributed by atoms with Crippen LogP contribution in [-0.2, 0) is 22.6 Å². The molecule has 0 aromatic heterocycles. The molecule has 1 heterocycles. The van der Waals surface area contributed by atoms with Gasteiger partial charge >= 0.3 is 6.03 Å². The number of carbonyl (C=O) groups excluding carboxylic acids is 1. The number of ether oxygens (including phenoxy) is 2. The van der Waals surface area contributed by atoms with Crippen molar-refractivity contribution < 1.29 is 19.4 Å². The predicted octanol–water partition coefficient (Wildman–Crippen LogP) is 10.2. The molecule has 7 nitrogen and oxygen atoms in total. The Morgan fingerprint density at radius 1 is 0.725 bits per heavy atom. The highest BCUT2D eigenvalue weighted by molar-refractivity contribution is 5.74. The minimum absolute atomic E-state index is 0.0312. The fourth-order valence-corrected chi connectivity index (χ4v) is 7.02. The molecule has 7 heteroatoms. The number of benzene rings is 3. The molecule has 0 aliphatic carbocycles. The molecule has 0 unspecified atom stereocenters. The van der Waals surface area contributed by atoms with E-state index in [9.17, 15) is 9.90 Å². The van der Waals surface area contributed by atoms with E-state index in [0.717, 1.165) is 59.4 Å². The molecule has 3 aromatic rings. The Morgan fingerprint density at radius 2 is 1.33 bits per heavy atom. The molecule has 1 aliphatic heterocycles. The van der Waals surface area contributed by atoms with Crippen LogP contribution in [0.15, 0.2) is 72.8 Å². The van der Waals surface area contributed by atoms with Crippen molar-refractivity contribution in [1.82, 2.24) is 15.5 Å². The number of carbonyl (C=O) groups is 1. The first-order valence-electron chi connectivity index (χ1n) is 20.0. The van der Waals surface area contributed by atoms with Crippen LogP contribution in [-0.4, -0.2) is 48.3 Å². The summed E-state index contributed by atoms with van der Waals surface area (Å²) in [6.07, 6.45) is 15.9. The maximum atomic E-state index is 12.1. The molecule has 4 rings (SSSR count). The maximum absolute atomic E-state index is 12.1. The van der Waals surface area contributed by atoms with Crippen LogP contribution >= 0.6 is 0 Å². The zero-order chi connectivity index (χ0) is 36.1. The summed E-state index contributed by atoms with van der Waals surface area (Å²) in [5.74, 6) is 0. The highest BCUT2D eigenvalue weighted by Crippen LogP contribution is 2.39. The highest BCUT2D eigenvalue weighted by atomic mass is 16.7. The summed E-state index contributed by atoms with van der Waals surface area (Å²) in [5, 5.41) is 15.4. The third kappa shape index (κ3) is 14.0. The number of aliphatic hydroxyl groups is 1. The molecule has 1 fully saturated rings. The molecular weight excluding hydrogens is 635 g/mol. The normalized spacial score (nSPS) is 17.5. The largest absolute Gasteiger partial charge is 0.392 e. The molecule has 1 aliphatic rings. The first-order valence-corrected chi connectivity index (χ1v) is 20.0. The summed E-state index contributed by atoms with van der Waals surface area (Å²) in [5.41, 5.74) is 6.25. The van der Waals surface area contributed by atoms with E-state index in [0.29, 0.717) is 13.1 Å². The molecule has 0 bridgehead atoms. The maximum Gasteiger partial charge on any atom is 0.315 e. The van der Waals surface area contributed by atoms with Crippen LogP contribution in [0, 0.1) is 0 Å². The van der Waals surface area contributed by atoms with Crippen LogP contribution in [0.5, 0.6) is 0 Å². The van der Waals surface area contributed by atoms with E-state index in [2.05, 4.69) is 77.9 Å². The Bertz CT molecular complexity index is 1360. The van der Waals surface area contributed by atoms with Crippen LogP contribution in [0.3, 0.4) is 0 Å². The number of hydrogen-bond donors (Lipinski definition) is 3. The van der Waals surface area contributed by atoms with E-state index in [-0.39, 0.29) is 24.8 Å². The van der Waals surface area contributed by atoms with Crippen molar-refractivity contribution >= 4 is 6.03 Å². The van der Waals surface area contributed by atoms with Crippen molar-refractivity contribution in [2.45, 2.75) is 136 Å². The zero-order valence-corrected chi connectivity index (χ0v) is 31.7. The fraction of sp³-hybridized carbons (Fsp3) is 0.568. The highest BCUT2D eigenvalue weighted by Gasteiger charge is 2.33. The summed E-state index contributed by atoms with van der Waals surface area (Å²) in [6.45, 7) is 10.7. The second kappa shape index (κ2) is 23.4. The van der Waals surface area contributed by atoms with Gasteiger partial charge in [-0.2, -0.15) is 0 Å². The fourth-order valence-electron chi connectivity index (χ4n) is 7.02. The first-order chi connectivity index (χ1) is 25.0. The number of unbranched alkanes of at least 4 members (excludes halogenated alkanes) is 10. The van der Waals surface area contributed by atoms with Crippen molar-refractivity contribution in [3.05, 3.63) is 95.1 Å². The van der Waals surface area contributed by atoms with E-state index in [1.807, 2.05) is 31.2 Å². The van der Waals surface area contributed by atoms with E-state index >= 15 is 0 Å². The average Bonchev–Trinajstić information content (AvgIpc) is 3.16. The Hall–Kier alpha value is -3.23. The Balaban J connectivity index is 1.49. The zero-order valence-electron chi connectivity index (χ0n) is 31.7. The molecule has 0 radical (unpaired) electrons. The van der Waals surface area contributed by atoms with Gasteiger partial charge in [0.2, 0.25) is 0 Å². The minimum Gasteiger partial charge on any atom is -0.392 e. The third-order valence-corrected chi connectivity index (χ3v) is 10.0. The summed E-state index contributed by atoms with van der Waals surface area (Å²) >= 11 is 0. The van der Waals surface area contributed by atoms with Crippen LogP contribution in [0.4, 0.5) is 4.79 Å². The van der Waals surface area contributed by atoms with Gasteiger partial charge in [0.25, 0.3) is 0 Å². The molecule has 3 atom stereocenters. The van der Waals surface area contributed by atoms with Gasteiger partial charge in [-0.3, -0.25) is 0 Å². The molecule has 3 N–H and O–H groups in total. The number of urea groups is 1. The Morgan fingerprint density at radius 3 is 1.96 bits per heavy atom. The third-order valence-electron chi connectivity index (χ3n) is 10.0. The van der Waals surface area contributed by atoms with Crippen LogP contribution < -0.4 is 10.6 Å². The van der Waals surface area contributed by atoms with E-state index in [1.54, 1.807) is 0 Å². The van der Waals surface area contributed by atoms with E-state index in [4.69, 9.17) is 9.47 Å². The van der Waals surface area contributed by atoms with Crippen molar-refractivity contribution in [2.24, 2.45) is 0 Å². The van der Waals surface area contributed by atoms with Gasteiger partial charge in [0.1, 0.15) is 0 Å². The van der Waals surface area contributed by atoms with Gasteiger partial charge < -0.3 is 30.1 Å². The number of hydrogen-bond acceptors (Lipinski definition) is 5. The van der Waals surface area contributed by atoms with Crippen LogP contribution in [0.25, 0.3) is 11.1 Å². The lowest BCUT2D eigenvalue weighted by atomic mass is 9.97. The number of amides is 2. The topological polar surface area (TPSA) is 83.1 Å². The first kappa shape index (κ1) is 40.5. The van der Waals surface area contributed by atoms with Crippen molar-refractivity contribution in [1.29, 1.82) is 0 Å². The number of aliphatic hydroxyl groups excluding tert-OH is 1. The van der Waals surface area contributed by atoms with Gasteiger partial charge in [0.05, 0.1) is 18.8 Å². The standard InChI is InChI=1S/C44H65N3O4/c1-4-7-9-11-13-17-29-47(30-18-14-12-10-8-5-2)33-40-31-42(37-23-21-35(34-48)22-24-37)51-43(50-40)38-27-25-36(26-28-38)41-20-16-15-19-39(41)32-46-44(49)45-6-3/h15-16,19-28,40,42-43,48H,4-14,17-18,29-34H2,1-3H3,(H2,45,46,49)/t40-,42+,43+/m1/s1. The average molecular weight is 700 g/mol. The van der Waals surface area contributed by atoms with Crippen molar-refractivity contribution in [2.75, 3.05) is 26.2 Å². The van der Waals surface area contributed by atoms with Gasteiger partial charge in [-0.25, -0.2) is 4.79 Å². The number of nitrogens with zero attached hydrogens (tertiary/aromatic N) is 1. The molecule has 1 saturated heterocycles. The molecule has 2 amide bonds. The smallest absolute Gasteiger partial charge is 0.315 e.